The van der Waals surface area contributed by atoms with Crippen molar-refractivity contribution < 1.29 is 9.21 Å². The number of hydrogen-bond acceptors (Lipinski definition) is 3. The molecule has 1 heterocycles. The number of aromatic nitrogens is 1. The predicted molar refractivity (Wildman–Crippen MR) is 111 cm³/mol. The van der Waals surface area contributed by atoms with Crippen LogP contribution in [0.1, 0.15) is 58.3 Å². The fourth-order valence-corrected chi connectivity index (χ4v) is 3.18. The maximum Gasteiger partial charge on any atom is 0.227 e. The molecule has 0 radical (unpaired) electrons. The van der Waals surface area contributed by atoms with Gasteiger partial charge in [0.25, 0.3) is 0 Å². The summed E-state index contributed by atoms with van der Waals surface area (Å²) < 4.78 is 5.81. The number of nitrogens with zero attached hydrogens (tertiary/aromatic N) is 1. The number of oxazole rings is 1. The Morgan fingerprint density at radius 3 is 2.48 bits per heavy atom. The summed E-state index contributed by atoms with van der Waals surface area (Å²) in [5.41, 5.74) is 3.18. The summed E-state index contributed by atoms with van der Waals surface area (Å²) >= 11 is 0. The van der Waals surface area contributed by atoms with E-state index in [2.05, 4.69) is 17.2 Å². The van der Waals surface area contributed by atoms with Crippen molar-refractivity contribution in [3.63, 3.8) is 0 Å². The Balaban J connectivity index is 1.51. The second-order valence-corrected chi connectivity index (χ2v) is 6.99. The molecule has 3 aromatic rings. The molecule has 0 aliphatic carbocycles. The molecule has 1 aromatic heterocycles. The van der Waals surface area contributed by atoms with Gasteiger partial charge >= 0.3 is 0 Å². The first-order valence-electron chi connectivity index (χ1n) is 10.0. The lowest BCUT2D eigenvalue weighted by Gasteiger charge is -2.05. The van der Waals surface area contributed by atoms with E-state index >= 15 is 0 Å². The molecule has 0 aliphatic rings. The van der Waals surface area contributed by atoms with Crippen LogP contribution in [0.4, 0.5) is 5.69 Å². The van der Waals surface area contributed by atoms with Crippen LogP contribution in [0.2, 0.25) is 0 Å². The van der Waals surface area contributed by atoms with Crippen LogP contribution in [-0.4, -0.2) is 10.9 Å². The number of rotatable bonds is 10. The van der Waals surface area contributed by atoms with Crippen LogP contribution in [0.15, 0.2) is 52.9 Å². The minimum absolute atomic E-state index is 0.0645. The monoisotopic (exact) mass is 364 g/mol. The van der Waals surface area contributed by atoms with Crippen LogP contribution < -0.4 is 5.32 Å². The van der Waals surface area contributed by atoms with E-state index in [1.165, 1.54) is 32.1 Å². The number of carbonyl (C=O) groups excluding carboxylic acids is 1. The molecule has 3 rings (SSSR count). The maximum absolute atomic E-state index is 12.2. The summed E-state index contributed by atoms with van der Waals surface area (Å²) in [6, 6.07) is 15.4. The van der Waals surface area contributed by atoms with E-state index in [1.807, 2.05) is 48.5 Å². The van der Waals surface area contributed by atoms with Crippen molar-refractivity contribution in [1.82, 2.24) is 4.98 Å². The average molecular weight is 364 g/mol. The number of anilines is 1. The smallest absolute Gasteiger partial charge is 0.227 e. The quantitative estimate of drug-likeness (QED) is 0.414. The highest BCUT2D eigenvalue weighted by molar-refractivity contribution is 5.93. The van der Waals surface area contributed by atoms with E-state index in [0.29, 0.717) is 12.3 Å². The molecule has 2 aromatic carbocycles. The summed E-state index contributed by atoms with van der Waals surface area (Å²) in [6.45, 7) is 2.23. The summed E-state index contributed by atoms with van der Waals surface area (Å²) in [5, 5.41) is 2.97. The van der Waals surface area contributed by atoms with Gasteiger partial charge in [-0.3, -0.25) is 4.79 Å². The first-order valence-corrected chi connectivity index (χ1v) is 10.0. The fourth-order valence-electron chi connectivity index (χ4n) is 3.18. The standard InChI is InChI=1S/C23H28N2O2/c1-2-3-4-5-6-7-11-14-22(26)24-19-15-16-21-20(17-19)25-23(27-21)18-12-9-8-10-13-18/h8-10,12-13,15-17H,2-7,11,14H2,1H3,(H,24,26). The van der Waals surface area contributed by atoms with Crippen molar-refractivity contribution in [1.29, 1.82) is 0 Å². The Labute approximate surface area is 161 Å². The highest BCUT2D eigenvalue weighted by Crippen LogP contribution is 2.26. The Morgan fingerprint density at radius 2 is 1.70 bits per heavy atom. The zero-order chi connectivity index (χ0) is 18.9. The van der Waals surface area contributed by atoms with Crippen molar-refractivity contribution in [2.75, 3.05) is 5.32 Å². The largest absolute Gasteiger partial charge is 0.436 e. The van der Waals surface area contributed by atoms with Gasteiger partial charge in [-0.1, -0.05) is 63.6 Å². The third-order valence-electron chi connectivity index (χ3n) is 4.70. The molecule has 27 heavy (non-hydrogen) atoms. The molecule has 0 unspecified atom stereocenters. The number of unbranched alkanes of at least 4 members (excludes halogenated alkanes) is 6. The van der Waals surface area contributed by atoms with Crippen molar-refractivity contribution in [3.05, 3.63) is 48.5 Å². The first kappa shape index (κ1) is 19.2. The Morgan fingerprint density at radius 1 is 0.963 bits per heavy atom. The van der Waals surface area contributed by atoms with Crippen molar-refractivity contribution in [3.8, 4) is 11.5 Å². The lowest BCUT2D eigenvalue weighted by atomic mass is 10.1. The van der Waals surface area contributed by atoms with Gasteiger partial charge in [-0.25, -0.2) is 4.98 Å². The molecule has 0 saturated heterocycles. The zero-order valence-corrected chi connectivity index (χ0v) is 16.0. The average Bonchev–Trinajstić information content (AvgIpc) is 3.11. The third kappa shape index (κ3) is 5.68. The zero-order valence-electron chi connectivity index (χ0n) is 16.0. The molecule has 0 bridgehead atoms. The third-order valence-corrected chi connectivity index (χ3v) is 4.70. The van der Waals surface area contributed by atoms with Gasteiger partial charge in [-0.05, 0) is 36.8 Å². The second kappa shape index (κ2) is 9.91. The van der Waals surface area contributed by atoms with Gasteiger partial charge in [0.05, 0.1) is 0 Å². The Bertz CT molecular complexity index is 855. The van der Waals surface area contributed by atoms with Gasteiger partial charge in [-0.15, -0.1) is 0 Å². The van der Waals surface area contributed by atoms with Crippen molar-refractivity contribution in [2.45, 2.75) is 58.3 Å². The SMILES string of the molecule is CCCCCCCCCC(=O)Nc1ccc2oc(-c3ccccc3)nc2c1. The van der Waals surface area contributed by atoms with Crippen molar-refractivity contribution >= 4 is 22.7 Å². The van der Waals surface area contributed by atoms with Crippen molar-refractivity contribution in [2.24, 2.45) is 0 Å². The highest BCUT2D eigenvalue weighted by atomic mass is 16.3. The lowest BCUT2D eigenvalue weighted by molar-refractivity contribution is -0.116. The lowest BCUT2D eigenvalue weighted by Crippen LogP contribution is -2.10. The second-order valence-electron chi connectivity index (χ2n) is 6.99. The van der Waals surface area contributed by atoms with Crippen LogP contribution >= 0.6 is 0 Å². The van der Waals surface area contributed by atoms with E-state index in [-0.39, 0.29) is 5.91 Å². The molecule has 1 N–H and O–H groups in total. The summed E-state index contributed by atoms with van der Waals surface area (Å²) in [4.78, 5) is 16.7. The molecular formula is C23H28N2O2. The highest BCUT2D eigenvalue weighted by Gasteiger charge is 2.09. The van der Waals surface area contributed by atoms with Gasteiger partial charge < -0.3 is 9.73 Å². The molecule has 4 nitrogen and oxygen atoms in total. The molecule has 0 saturated carbocycles. The fraction of sp³-hybridized carbons (Fsp3) is 0.391. The van der Waals surface area contributed by atoms with Crippen LogP contribution in [0.3, 0.4) is 0 Å². The number of fused-ring (bicyclic) bond motifs is 1. The molecule has 1 amide bonds. The normalized spacial score (nSPS) is 11.0. The number of amides is 1. The molecule has 0 atom stereocenters. The number of benzene rings is 2. The van der Waals surface area contributed by atoms with Crippen LogP contribution in [0.25, 0.3) is 22.6 Å². The predicted octanol–water partition coefficient (Wildman–Crippen LogP) is 6.57. The maximum atomic E-state index is 12.2. The topological polar surface area (TPSA) is 55.1 Å². The van der Waals surface area contributed by atoms with E-state index in [4.69, 9.17) is 4.42 Å². The minimum atomic E-state index is 0.0645. The molecule has 0 spiro atoms. The van der Waals surface area contributed by atoms with Gasteiger partial charge in [0.15, 0.2) is 5.58 Å². The summed E-state index contributed by atoms with van der Waals surface area (Å²) in [5.74, 6) is 0.659. The van der Waals surface area contributed by atoms with Crippen LogP contribution in [-0.2, 0) is 4.79 Å². The number of hydrogen-bond donors (Lipinski definition) is 1. The molecule has 4 heteroatoms. The first-order chi connectivity index (χ1) is 13.3. The minimum Gasteiger partial charge on any atom is -0.436 e. The number of carbonyl (C=O) groups is 1. The van der Waals surface area contributed by atoms with Gasteiger partial charge in [-0.2, -0.15) is 0 Å². The Kier molecular flexibility index (Phi) is 7.03. The summed E-state index contributed by atoms with van der Waals surface area (Å²) in [7, 11) is 0. The molecule has 142 valence electrons. The van der Waals surface area contributed by atoms with E-state index in [9.17, 15) is 4.79 Å². The van der Waals surface area contributed by atoms with E-state index < -0.39 is 0 Å². The van der Waals surface area contributed by atoms with Crippen LogP contribution in [0.5, 0.6) is 0 Å². The Hall–Kier alpha value is -2.62. The molecule has 0 aliphatic heterocycles. The van der Waals surface area contributed by atoms with Gasteiger partial charge in [0, 0.05) is 17.7 Å². The summed E-state index contributed by atoms with van der Waals surface area (Å²) in [6.07, 6.45) is 9.04. The van der Waals surface area contributed by atoms with Gasteiger partial charge in [0.2, 0.25) is 11.8 Å². The number of nitrogens with one attached hydrogen (secondary N) is 1. The van der Waals surface area contributed by atoms with E-state index in [0.717, 1.165) is 35.2 Å². The van der Waals surface area contributed by atoms with E-state index in [1.54, 1.807) is 0 Å². The molecular weight excluding hydrogens is 336 g/mol. The van der Waals surface area contributed by atoms with Crippen LogP contribution in [0, 0.1) is 0 Å². The molecule has 0 fully saturated rings. The van der Waals surface area contributed by atoms with Gasteiger partial charge in [0.1, 0.15) is 5.52 Å².